The van der Waals surface area contributed by atoms with E-state index in [2.05, 4.69) is 20.9 Å². The van der Waals surface area contributed by atoms with E-state index < -0.39 is 17.5 Å². The lowest BCUT2D eigenvalue weighted by Gasteiger charge is -2.09. The van der Waals surface area contributed by atoms with Crippen molar-refractivity contribution in [2.24, 2.45) is 0 Å². The summed E-state index contributed by atoms with van der Waals surface area (Å²) in [6.45, 7) is 1.80. The molecule has 20 heavy (non-hydrogen) atoms. The summed E-state index contributed by atoms with van der Waals surface area (Å²) >= 11 is 4.51. The molecule has 1 aromatic heterocycles. The Hall–Kier alpha value is -1.21. The molecule has 0 fully saturated rings. The van der Waals surface area contributed by atoms with Crippen molar-refractivity contribution in [1.82, 2.24) is 4.98 Å². The highest BCUT2D eigenvalue weighted by Crippen LogP contribution is 2.32. The highest BCUT2D eigenvalue weighted by atomic mass is 79.9. The normalized spacial score (nSPS) is 11.7. The Morgan fingerprint density at radius 1 is 1.40 bits per heavy atom. The van der Waals surface area contributed by atoms with Gasteiger partial charge in [-0.15, -0.1) is 11.3 Å². The SMILES string of the molecule is Cc1nc(CC(=O)c2cc(C(F)(F)F)ccc2Br)cs1. The predicted molar refractivity (Wildman–Crippen MR) is 74.0 cm³/mol. The van der Waals surface area contributed by atoms with Crippen molar-refractivity contribution >= 4 is 33.0 Å². The molecule has 0 amide bonds. The van der Waals surface area contributed by atoms with Crippen molar-refractivity contribution < 1.29 is 18.0 Å². The van der Waals surface area contributed by atoms with Gasteiger partial charge in [0.2, 0.25) is 0 Å². The van der Waals surface area contributed by atoms with E-state index in [0.717, 1.165) is 17.1 Å². The Balaban J connectivity index is 2.29. The highest BCUT2D eigenvalue weighted by Gasteiger charge is 2.31. The molecule has 0 unspecified atom stereocenters. The number of alkyl halides is 3. The summed E-state index contributed by atoms with van der Waals surface area (Å²) < 4.78 is 38.3. The zero-order chi connectivity index (χ0) is 14.9. The first-order chi connectivity index (χ1) is 9.27. The number of carbonyl (C=O) groups is 1. The van der Waals surface area contributed by atoms with Crippen LogP contribution in [0.25, 0.3) is 0 Å². The van der Waals surface area contributed by atoms with Crippen LogP contribution < -0.4 is 0 Å². The summed E-state index contributed by atoms with van der Waals surface area (Å²) in [6.07, 6.45) is -4.48. The van der Waals surface area contributed by atoms with Crippen LogP contribution in [-0.2, 0) is 12.6 Å². The van der Waals surface area contributed by atoms with Gasteiger partial charge in [0.25, 0.3) is 0 Å². The third-order valence-electron chi connectivity index (χ3n) is 2.60. The van der Waals surface area contributed by atoms with Gasteiger partial charge in [-0.3, -0.25) is 4.79 Å². The second-order valence-corrected chi connectivity index (χ2v) is 6.07. The van der Waals surface area contributed by atoms with Gasteiger partial charge in [0.1, 0.15) is 0 Å². The van der Waals surface area contributed by atoms with Gasteiger partial charge >= 0.3 is 6.18 Å². The number of ketones is 1. The number of aromatic nitrogens is 1. The second-order valence-electron chi connectivity index (χ2n) is 4.15. The molecular weight excluding hydrogens is 355 g/mol. The van der Waals surface area contributed by atoms with Crippen molar-refractivity contribution in [2.75, 3.05) is 0 Å². The molecule has 2 nitrogen and oxygen atoms in total. The summed E-state index contributed by atoms with van der Waals surface area (Å²) in [5.74, 6) is -0.395. The molecule has 0 saturated carbocycles. The van der Waals surface area contributed by atoms with Crippen LogP contribution in [0.2, 0.25) is 0 Å². The van der Waals surface area contributed by atoms with E-state index in [1.54, 1.807) is 12.3 Å². The average Bonchev–Trinajstić information content (AvgIpc) is 2.73. The molecule has 1 heterocycles. The van der Waals surface area contributed by atoms with Crippen molar-refractivity contribution in [3.05, 3.63) is 49.9 Å². The van der Waals surface area contributed by atoms with Gasteiger partial charge in [-0.2, -0.15) is 13.2 Å². The molecule has 0 aliphatic carbocycles. The van der Waals surface area contributed by atoms with E-state index in [1.807, 2.05) is 0 Å². The van der Waals surface area contributed by atoms with Crippen LogP contribution in [0.3, 0.4) is 0 Å². The van der Waals surface area contributed by atoms with Gasteiger partial charge in [-0.25, -0.2) is 4.98 Å². The van der Waals surface area contributed by atoms with Crippen LogP contribution in [0.5, 0.6) is 0 Å². The number of thiazole rings is 1. The van der Waals surface area contributed by atoms with Gasteiger partial charge in [-0.05, 0) is 25.1 Å². The maximum absolute atomic E-state index is 12.7. The summed E-state index contributed by atoms with van der Waals surface area (Å²) in [5.41, 5.74) is -0.245. The number of halogens is 4. The molecule has 2 rings (SSSR count). The first kappa shape index (κ1) is 15.2. The largest absolute Gasteiger partial charge is 0.416 e. The Morgan fingerprint density at radius 2 is 2.10 bits per heavy atom. The Bertz CT molecular complexity index is 651. The number of hydrogen-bond donors (Lipinski definition) is 0. The van der Waals surface area contributed by atoms with Gasteiger partial charge < -0.3 is 0 Å². The van der Waals surface area contributed by atoms with E-state index in [1.165, 1.54) is 17.4 Å². The monoisotopic (exact) mass is 363 g/mol. The van der Waals surface area contributed by atoms with Crippen LogP contribution in [0.1, 0.15) is 26.6 Å². The fourth-order valence-corrected chi connectivity index (χ4v) is 2.74. The molecule has 0 radical (unpaired) electrons. The zero-order valence-corrected chi connectivity index (χ0v) is 12.7. The van der Waals surface area contributed by atoms with E-state index in [0.29, 0.717) is 10.2 Å². The molecular formula is C13H9BrF3NOS. The lowest BCUT2D eigenvalue weighted by Crippen LogP contribution is -2.10. The number of rotatable bonds is 3. The number of hydrogen-bond acceptors (Lipinski definition) is 3. The Labute approximate surface area is 125 Å². The standard InChI is InChI=1S/C13H9BrF3NOS/c1-7-18-9(6-20-7)5-12(19)10-4-8(13(15,16)17)2-3-11(10)14/h2-4,6H,5H2,1H3. The molecule has 0 aliphatic heterocycles. The first-order valence-electron chi connectivity index (χ1n) is 5.58. The summed E-state index contributed by atoms with van der Waals surface area (Å²) in [5, 5.41) is 2.55. The zero-order valence-electron chi connectivity index (χ0n) is 10.3. The van der Waals surface area contributed by atoms with Crippen LogP contribution in [0.15, 0.2) is 28.1 Å². The molecule has 0 atom stereocenters. The maximum atomic E-state index is 12.7. The fourth-order valence-electron chi connectivity index (χ4n) is 1.66. The molecule has 1 aromatic carbocycles. The molecule has 0 saturated heterocycles. The van der Waals surface area contributed by atoms with Crippen LogP contribution in [0, 0.1) is 6.92 Å². The maximum Gasteiger partial charge on any atom is 0.416 e. The molecule has 0 aliphatic rings. The second kappa shape index (κ2) is 5.65. The van der Waals surface area contributed by atoms with E-state index in [4.69, 9.17) is 0 Å². The Kier molecular flexibility index (Phi) is 4.29. The summed E-state index contributed by atoms with van der Waals surface area (Å²) in [7, 11) is 0. The first-order valence-corrected chi connectivity index (χ1v) is 7.25. The number of carbonyl (C=O) groups excluding carboxylic acids is 1. The fraction of sp³-hybridized carbons (Fsp3) is 0.231. The van der Waals surface area contributed by atoms with Crippen molar-refractivity contribution in [1.29, 1.82) is 0 Å². The summed E-state index contributed by atoms with van der Waals surface area (Å²) in [4.78, 5) is 16.2. The van der Waals surface area contributed by atoms with E-state index >= 15 is 0 Å². The van der Waals surface area contributed by atoms with Gasteiger partial charge in [-0.1, -0.05) is 15.9 Å². The molecule has 106 valence electrons. The quantitative estimate of drug-likeness (QED) is 0.742. The third-order valence-corrected chi connectivity index (χ3v) is 4.12. The number of benzene rings is 1. The molecule has 0 bridgehead atoms. The smallest absolute Gasteiger partial charge is 0.294 e. The summed E-state index contributed by atoms with van der Waals surface area (Å²) in [6, 6.07) is 3.04. The van der Waals surface area contributed by atoms with Crippen LogP contribution in [0.4, 0.5) is 13.2 Å². The average molecular weight is 364 g/mol. The van der Waals surface area contributed by atoms with Crippen molar-refractivity contribution in [3.63, 3.8) is 0 Å². The minimum absolute atomic E-state index is 0.00967. The molecule has 7 heteroatoms. The van der Waals surface area contributed by atoms with Crippen molar-refractivity contribution in [3.8, 4) is 0 Å². The van der Waals surface area contributed by atoms with Gasteiger partial charge in [0.05, 0.1) is 22.7 Å². The molecule has 2 aromatic rings. The minimum atomic E-state index is -4.47. The van der Waals surface area contributed by atoms with Gasteiger partial charge in [0, 0.05) is 15.4 Å². The molecule has 0 spiro atoms. The lowest BCUT2D eigenvalue weighted by atomic mass is 10.0. The number of Topliss-reactive ketones (excluding diaryl/α,β-unsaturated/α-hetero) is 1. The predicted octanol–water partition coefficient (Wildman–Crippen LogP) is 4.66. The Morgan fingerprint density at radius 3 is 2.65 bits per heavy atom. The van der Waals surface area contributed by atoms with Crippen molar-refractivity contribution in [2.45, 2.75) is 19.5 Å². The lowest BCUT2D eigenvalue weighted by molar-refractivity contribution is -0.137. The van der Waals surface area contributed by atoms with E-state index in [9.17, 15) is 18.0 Å². The topological polar surface area (TPSA) is 30.0 Å². The number of nitrogens with zero attached hydrogens (tertiary/aromatic N) is 1. The number of aryl methyl sites for hydroxylation is 1. The van der Waals surface area contributed by atoms with Gasteiger partial charge in [0.15, 0.2) is 5.78 Å². The van der Waals surface area contributed by atoms with Crippen LogP contribution in [-0.4, -0.2) is 10.8 Å². The van der Waals surface area contributed by atoms with Crippen LogP contribution >= 0.6 is 27.3 Å². The minimum Gasteiger partial charge on any atom is -0.294 e. The highest BCUT2D eigenvalue weighted by molar-refractivity contribution is 9.10. The third kappa shape index (κ3) is 3.46. The van der Waals surface area contributed by atoms with E-state index in [-0.39, 0.29) is 12.0 Å². The molecule has 0 N–H and O–H groups in total.